The number of nitrogens with two attached hydrogens (primary N) is 1. The third-order valence-corrected chi connectivity index (χ3v) is 2.15. The third kappa shape index (κ3) is 2.70. The van der Waals surface area contributed by atoms with Crippen LogP contribution in [-0.2, 0) is 6.18 Å². The van der Waals surface area contributed by atoms with Crippen molar-refractivity contribution in [3.63, 3.8) is 0 Å². The highest BCUT2D eigenvalue weighted by atomic mass is 35.5. The summed E-state index contributed by atoms with van der Waals surface area (Å²) in [5.41, 5.74) is 3.94. The smallest absolute Gasteiger partial charge is 0.321 e. The zero-order valence-corrected chi connectivity index (χ0v) is 8.93. The Labute approximate surface area is 94.4 Å². The number of Topliss-reactive ketones (excluding diaryl/α,β-unsaturated/α-hetero) is 1. The number of carbonyl (C=O) groups is 1. The first kappa shape index (κ1) is 12.9. The Hall–Kier alpha value is -1.14. The Bertz CT molecular complexity index is 418. The SMILES string of the molecule is CC(N)C(=O)c1cc(C(F)(F)F)cnc1Cl. The summed E-state index contributed by atoms with van der Waals surface area (Å²) in [5, 5.41) is -0.282. The van der Waals surface area contributed by atoms with E-state index in [-0.39, 0.29) is 10.7 Å². The molecule has 1 rings (SSSR count). The summed E-state index contributed by atoms with van der Waals surface area (Å²) < 4.78 is 37.0. The molecule has 1 atom stereocenters. The van der Waals surface area contributed by atoms with Gasteiger partial charge in [-0.1, -0.05) is 11.6 Å². The van der Waals surface area contributed by atoms with E-state index in [1.165, 1.54) is 6.92 Å². The predicted octanol–water partition coefficient (Wildman–Crippen LogP) is 2.28. The predicted molar refractivity (Wildman–Crippen MR) is 52.2 cm³/mol. The van der Waals surface area contributed by atoms with Crippen LogP contribution in [0.25, 0.3) is 0 Å². The molecular weight excluding hydrogens is 245 g/mol. The van der Waals surface area contributed by atoms with E-state index >= 15 is 0 Å². The highest BCUT2D eigenvalue weighted by Gasteiger charge is 2.32. The van der Waals surface area contributed by atoms with Crippen LogP contribution in [-0.4, -0.2) is 16.8 Å². The zero-order valence-electron chi connectivity index (χ0n) is 8.18. The van der Waals surface area contributed by atoms with Gasteiger partial charge in [0.1, 0.15) is 5.15 Å². The zero-order chi connectivity index (χ0) is 12.5. The number of alkyl halides is 3. The van der Waals surface area contributed by atoms with E-state index in [1.54, 1.807) is 0 Å². The van der Waals surface area contributed by atoms with Gasteiger partial charge in [0, 0.05) is 6.20 Å². The standard InChI is InChI=1S/C9H8ClF3N2O/c1-4(14)7(16)6-2-5(9(11,12)13)3-15-8(6)10/h2-4H,14H2,1H3. The molecule has 1 heterocycles. The summed E-state index contributed by atoms with van der Waals surface area (Å²) >= 11 is 5.53. The van der Waals surface area contributed by atoms with Gasteiger partial charge < -0.3 is 5.73 Å². The van der Waals surface area contributed by atoms with Gasteiger partial charge >= 0.3 is 6.18 Å². The second-order valence-corrected chi connectivity index (χ2v) is 3.57. The number of ketones is 1. The lowest BCUT2D eigenvalue weighted by atomic mass is 10.1. The highest BCUT2D eigenvalue weighted by Crippen LogP contribution is 2.30. The number of hydrogen-bond acceptors (Lipinski definition) is 3. The Morgan fingerprint density at radius 1 is 1.56 bits per heavy atom. The molecule has 0 aliphatic rings. The van der Waals surface area contributed by atoms with E-state index in [0.29, 0.717) is 12.3 Å². The van der Waals surface area contributed by atoms with Gasteiger partial charge in [0.25, 0.3) is 0 Å². The minimum Gasteiger partial charge on any atom is -0.321 e. The molecule has 0 fully saturated rings. The molecule has 0 bridgehead atoms. The van der Waals surface area contributed by atoms with Gasteiger partial charge in [-0.3, -0.25) is 4.79 Å². The third-order valence-electron chi connectivity index (χ3n) is 1.85. The monoisotopic (exact) mass is 252 g/mol. The van der Waals surface area contributed by atoms with Crippen molar-refractivity contribution in [2.24, 2.45) is 5.73 Å². The molecule has 0 saturated heterocycles. The molecule has 88 valence electrons. The molecule has 7 heteroatoms. The van der Waals surface area contributed by atoms with Crippen molar-refractivity contribution in [3.8, 4) is 0 Å². The topological polar surface area (TPSA) is 56.0 Å². The van der Waals surface area contributed by atoms with E-state index < -0.39 is 23.6 Å². The summed E-state index contributed by atoms with van der Waals surface area (Å²) in [5.74, 6) is -0.677. The normalized spacial score (nSPS) is 13.6. The van der Waals surface area contributed by atoms with Gasteiger partial charge in [-0.05, 0) is 13.0 Å². The lowest BCUT2D eigenvalue weighted by molar-refractivity contribution is -0.137. The fraction of sp³-hybridized carbons (Fsp3) is 0.333. The van der Waals surface area contributed by atoms with Crippen LogP contribution in [0.3, 0.4) is 0 Å². The molecule has 1 aromatic rings. The number of pyridine rings is 1. The summed E-state index contributed by atoms with van der Waals surface area (Å²) in [6, 6.07) is -0.274. The number of hydrogen-bond donors (Lipinski definition) is 1. The van der Waals surface area contributed by atoms with E-state index in [4.69, 9.17) is 17.3 Å². The van der Waals surface area contributed by atoms with Crippen LogP contribution in [0.4, 0.5) is 13.2 Å². The molecule has 0 saturated carbocycles. The first-order chi connectivity index (χ1) is 7.23. The Morgan fingerprint density at radius 3 is 2.56 bits per heavy atom. The van der Waals surface area contributed by atoms with Crippen molar-refractivity contribution >= 4 is 17.4 Å². The lowest BCUT2D eigenvalue weighted by Gasteiger charge is -2.10. The maximum atomic E-state index is 12.3. The quantitative estimate of drug-likeness (QED) is 0.649. The van der Waals surface area contributed by atoms with Gasteiger partial charge in [-0.15, -0.1) is 0 Å². The molecule has 1 aromatic heterocycles. The van der Waals surface area contributed by atoms with Gasteiger partial charge in [0.15, 0.2) is 5.78 Å². The first-order valence-electron chi connectivity index (χ1n) is 4.26. The maximum Gasteiger partial charge on any atom is 0.417 e. The molecule has 1 unspecified atom stereocenters. The average Bonchev–Trinajstić information content (AvgIpc) is 2.15. The summed E-state index contributed by atoms with van der Waals surface area (Å²) in [6.45, 7) is 1.36. The summed E-state index contributed by atoms with van der Waals surface area (Å²) in [7, 11) is 0. The number of halogens is 4. The molecule has 0 amide bonds. The summed E-state index contributed by atoms with van der Waals surface area (Å²) in [4.78, 5) is 14.7. The highest BCUT2D eigenvalue weighted by molar-refractivity contribution is 6.33. The fourth-order valence-electron chi connectivity index (χ4n) is 1.02. The lowest BCUT2D eigenvalue weighted by Crippen LogP contribution is -2.27. The second-order valence-electron chi connectivity index (χ2n) is 3.21. The first-order valence-corrected chi connectivity index (χ1v) is 4.64. The molecule has 0 radical (unpaired) electrons. The average molecular weight is 253 g/mol. The number of nitrogens with zero attached hydrogens (tertiary/aromatic N) is 1. The molecule has 0 aromatic carbocycles. The van der Waals surface area contributed by atoms with Crippen molar-refractivity contribution in [3.05, 3.63) is 28.5 Å². The van der Waals surface area contributed by atoms with E-state index in [9.17, 15) is 18.0 Å². The molecule has 3 nitrogen and oxygen atoms in total. The summed E-state index contributed by atoms with van der Waals surface area (Å²) in [6.07, 6.45) is -4.00. The number of aromatic nitrogens is 1. The van der Waals surface area contributed by atoms with E-state index in [1.807, 2.05) is 0 Å². The number of carbonyl (C=O) groups excluding carboxylic acids is 1. The van der Waals surface area contributed by atoms with Gasteiger partial charge in [0.2, 0.25) is 0 Å². The largest absolute Gasteiger partial charge is 0.417 e. The Balaban J connectivity index is 3.25. The van der Waals surface area contributed by atoms with Crippen LogP contribution < -0.4 is 5.73 Å². The molecular formula is C9H8ClF3N2O. The van der Waals surface area contributed by atoms with Crippen LogP contribution in [0.2, 0.25) is 5.15 Å². The maximum absolute atomic E-state index is 12.3. The minimum atomic E-state index is -4.57. The van der Waals surface area contributed by atoms with Crippen molar-refractivity contribution in [1.29, 1.82) is 0 Å². The van der Waals surface area contributed by atoms with Crippen LogP contribution >= 0.6 is 11.6 Å². The molecule has 0 aliphatic carbocycles. The fourth-order valence-corrected chi connectivity index (χ4v) is 1.22. The molecule has 0 aliphatic heterocycles. The Morgan fingerprint density at radius 2 is 2.12 bits per heavy atom. The number of rotatable bonds is 2. The van der Waals surface area contributed by atoms with Gasteiger partial charge in [-0.25, -0.2) is 4.98 Å². The van der Waals surface area contributed by atoms with Crippen LogP contribution in [0.1, 0.15) is 22.8 Å². The molecule has 0 spiro atoms. The Kier molecular flexibility index (Phi) is 3.54. The van der Waals surface area contributed by atoms with Gasteiger partial charge in [-0.2, -0.15) is 13.2 Å². The van der Waals surface area contributed by atoms with Crippen molar-refractivity contribution < 1.29 is 18.0 Å². The molecule has 16 heavy (non-hydrogen) atoms. The van der Waals surface area contributed by atoms with Crippen LogP contribution in [0.5, 0.6) is 0 Å². The van der Waals surface area contributed by atoms with Crippen molar-refractivity contribution in [2.45, 2.75) is 19.1 Å². The molecule has 2 N–H and O–H groups in total. The second kappa shape index (κ2) is 4.39. The minimum absolute atomic E-state index is 0.282. The van der Waals surface area contributed by atoms with Crippen LogP contribution in [0, 0.1) is 0 Å². The van der Waals surface area contributed by atoms with E-state index in [2.05, 4.69) is 4.98 Å². The van der Waals surface area contributed by atoms with Gasteiger partial charge in [0.05, 0.1) is 17.2 Å². The van der Waals surface area contributed by atoms with Crippen LogP contribution in [0.15, 0.2) is 12.3 Å². The van der Waals surface area contributed by atoms with E-state index in [0.717, 1.165) is 0 Å². The van der Waals surface area contributed by atoms with Crippen molar-refractivity contribution in [2.75, 3.05) is 0 Å². The van der Waals surface area contributed by atoms with Crippen molar-refractivity contribution in [1.82, 2.24) is 4.98 Å².